The molecule has 226 valence electrons. The van der Waals surface area contributed by atoms with Gasteiger partial charge in [0.1, 0.15) is 18.8 Å². The number of hydrogen-bond acceptors (Lipinski definition) is 9. The quantitative estimate of drug-likeness (QED) is 0.218. The third kappa shape index (κ3) is 3.04. The molecule has 45 heavy (non-hydrogen) atoms. The van der Waals surface area contributed by atoms with Crippen LogP contribution in [0.4, 0.5) is 0 Å². The number of ether oxygens (including phenoxy) is 3. The molecule has 3 aliphatic rings. The van der Waals surface area contributed by atoms with Crippen LogP contribution < -0.4 is 0 Å². The van der Waals surface area contributed by atoms with Gasteiger partial charge in [-0.15, -0.1) is 0 Å². The molecule has 0 spiro atoms. The molecule has 2 amide bonds. The van der Waals surface area contributed by atoms with Gasteiger partial charge in [-0.2, -0.15) is 0 Å². The van der Waals surface area contributed by atoms with Gasteiger partial charge in [-0.05, 0) is 48.9 Å². The van der Waals surface area contributed by atoms with E-state index in [1.54, 1.807) is 47.9 Å². The van der Waals surface area contributed by atoms with Crippen molar-refractivity contribution in [3.63, 3.8) is 0 Å². The number of benzene rings is 3. The fourth-order valence-corrected chi connectivity index (χ4v) is 7.91. The van der Waals surface area contributed by atoms with Gasteiger partial charge in [0.25, 0.3) is 11.5 Å². The average molecular weight is 608 g/mol. The van der Waals surface area contributed by atoms with Gasteiger partial charge in [-0.1, -0.05) is 0 Å². The SMILES string of the molecule is COC(=O)C1(OC(C)=O)CC2OC1(C)n1c3ccc(C=O)cc3c3c4c(c5c6cc(C=O)ccc6n2c5c31)C(=O)N(C(C)=O)C4. The lowest BCUT2D eigenvalue weighted by Gasteiger charge is -2.40. The predicted octanol–water partition coefficient (Wildman–Crippen LogP) is 4.11. The molecule has 3 unspecified atom stereocenters. The third-order valence-corrected chi connectivity index (χ3v) is 9.65. The number of fused-ring (bicyclic) bond motifs is 13. The lowest BCUT2D eigenvalue weighted by Crippen LogP contribution is -2.58. The van der Waals surface area contributed by atoms with Crippen molar-refractivity contribution in [2.45, 2.75) is 51.3 Å². The van der Waals surface area contributed by atoms with E-state index in [0.29, 0.717) is 78.4 Å². The molecule has 3 aliphatic heterocycles. The van der Waals surface area contributed by atoms with Crippen LogP contribution in [0.2, 0.25) is 0 Å². The summed E-state index contributed by atoms with van der Waals surface area (Å²) in [4.78, 5) is 78.4. The number of rotatable bonds is 4. The summed E-state index contributed by atoms with van der Waals surface area (Å²) in [7, 11) is 1.21. The molecule has 1 fully saturated rings. The molecule has 5 heterocycles. The van der Waals surface area contributed by atoms with Crippen molar-refractivity contribution in [1.82, 2.24) is 14.0 Å². The minimum Gasteiger partial charge on any atom is -0.466 e. The number of aromatic nitrogens is 2. The first-order chi connectivity index (χ1) is 21.5. The van der Waals surface area contributed by atoms with Crippen molar-refractivity contribution < 1.29 is 43.0 Å². The summed E-state index contributed by atoms with van der Waals surface area (Å²) in [5, 5.41) is 2.27. The number of methoxy groups -OCH3 is 1. The van der Waals surface area contributed by atoms with Crippen LogP contribution in [0.3, 0.4) is 0 Å². The molecule has 12 nitrogen and oxygen atoms in total. The number of carbonyl (C=O) groups excluding carboxylic acids is 6. The Hall–Kier alpha value is -5.36. The van der Waals surface area contributed by atoms with E-state index in [4.69, 9.17) is 14.2 Å². The number of imide groups is 1. The van der Waals surface area contributed by atoms with Crippen LogP contribution in [0.1, 0.15) is 70.1 Å². The summed E-state index contributed by atoms with van der Waals surface area (Å²) in [6.45, 7) is 4.15. The zero-order chi connectivity index (χ0) is 31.7. The lowest BCUT2D eigenvalue weighted by molar-refractivity contribution is -0.217. The van der Waals surface area contributed by atoms with E-state index in [-0.39, 0.29) is 13.0 Å². The number of amides is 2. The topological polar surface area (TPSA) is 143 Å². The molecule has 12 heteroatoms. The Bertz CT molecular complexity index is 2300. The highest BCUT2D eigenvalue weighted by Gasteiger charge is 2.69. The zero-order valence-electron chi connectivity index (χ0n) is 24.6. The number of nitrogens with zero attached hydrogens (tertiary/aromatic N) is 3. The number of hydrogen-bond donors (Lipinski definition) is 0. The first kappa shape index (κ1) is 27.2. The Morgan fingerprint density at radius 3 is 2.20 bits per heavy atom. The molecule has 3 aromatic carbocycles. The summed E-state index contributed by atoms with van der Waals surface area (Å²) in [5.41, 5.74) is 0.242. The third-order valence-electron chi connectivity index (χ3n) is 9.65. The van der Waals surface area contributed by atoms with Crippen LogP contribution in [0.15, 0.2) is 36.4 Å². The van der Waals surface area contributed by atoms with E-state index in [9.17, 15) is 28.8 Å². The van der Waals surface area contributed by atoms with E-state index in [2.05, 4.69) is 0 Å². The lowest BCUT2D eigenvalue weighted by atomic mass is 9.88. The summed E-state index contributed by atoms with van der Waals surface area (Å²) in [6, 6.07) is 10.1. The number of carbonyl (C=O) groups is 6. The maximum atomic E-state index is 14.1. The van der Waals surface area contributed by atoms with Crippen LogP contribution in [0.5, 0.6) is 0 Å². The fourth-order valence-electron chi connectivity index (χ4n) is 7.91. The predicted molar refractivity (Wildman–Crippen MR) is 159 cm³/mol. The fraction of sp³-hybridized carbons (Fsp3) is 0.273. The molecule has 0 radical (unpaired) electrons. The van der Waals surface area contributed by atoms with E-state index >= 15 is 0 Å². The van der Waals surface area contributed by atoms with Gasteiger partial charge in [0, 0.05) is 52.9 Å². The molecule has 2 aromatic heterocycles. The van der Waals surface area contributed by atoms with Gasteiger partial charge < -0.3 is 23.3 Å². The van der Waals surface area contributed by atoms with Gasteiger partial charge >= 0.3 is 11.9 Å². The maximum absolute atomic E-state index is 14.1. The molecule has 3 atom stereocenters. The summed E-state index contributed by atoms with van der Waals surface area (Å²) in [6.07, 6.45) is 0.379. The van der Waals surface area contributed by atoms with Gasteiger partial charge in [-0.25, -0.2) is 4.79 Å². The van der Waals surface area contributed by atoms with Crippen LogP contribution >= 0.6 is 0 Å². The van der Waals surface area contributed by atoms with Crippen molar-refractivity contribution in [1.29, 1.82) is 0 Å². The first-order valence-electron chi connectivity index (χ1n) is 14.3. The minimum absolute atomic E-state index is 0.0342. The van der Waals surface area contributed by atoms with Crippen molar-refractivity contribution in [2.24, 2.45) is 0 Å². The van der Waals surface area contributed by atoms with Crippen LogP contribution in [0.25, 0.3) is 43.6 Å². The Labute approximate surface area is 254 Å². The highest BCUT2D eigenvalue weighted by Crippen LogP contribution is 2.59. The number of aldehydes is 2. The average Bonchev–Trinajstić information content (AvgIpc) is 3.70. The largest absolute Gasteiger partial charge is 0.466 e. The van der Waals surface area contributed by atoms with Gasteiger partial charge in [0.2, 0.25) is 5.91 Å². The standard InChI is InChI=1S/C33H25N3O9/c1-15(39)34-12-21-25-20-10-18(14-38)6-8-23(20)36-29(25)28-26(27(21)30(34)41)19-9-17(13-37)5-7-22(19)35(28)24-11-33(31(42)43-4,44-16(2)40)32(36,3)45-24/h5-10,13-14,24H,11-12H2,1-4H3. The van der Waals surface area contributed by atoms with Gasteiger partial charge in [-0.3, -0.25) is 28.9 Å². The van der Waals surface area contributed by atoms with Gasteiger partial charge in [0.15, 0.2) is 5.72 Å². The summed E-state index contributed by atoms with van der Waals surface area (Å²) < 4.78 is 21.7. The van der Waals surface area contributed by atoms with Crippen LogP contribution in [-0.4, -0.2) is 63.1 Å². The Morgan fingerprint density at radius 2 is 1.60 bits per heavy atom. The Balaban J connectivity index is 1.69. The second kappa shape index (κ2) is 8.63. The maximum Gasteiger partial charge on any atom is 0.355 e. The van der Waals surface area contributed by atoms with Gasteiger partial charge in [0.05, 0.1) is 41.3 Å². The molecule has 1 saturated heterocycles. The van der Waals surface area contributed by atoms with Crippen molar-refractivity contribution in [3.8, 4) is 0 Å². The molecule has 2 bridgehead atoms. The van der Waals surface area contributed by atoms with E-state index in [1.807, 2.05) is 4.57 Å². The molecular formula is C33H25N3O9. The minimum atomic E-state index is -1.95. The highest BCUT2D eigenvalue weighted by molar-refractivity contribution is 6.32. The van der Waals surface area contributed by atoms with E-state index in [0.717, 1.165) is 0 Å². The molecule has 0 N–H and O–H groups in total. The zero-order valence-corrected chi connectivity index (χ0v) is 24.6. The van der Waals surface area contributed by atoms with Crippen molar-refractivity contribution >= 4 is 79.9 Å². The molecule has 0 saturated carbocycles. The van der Waals surface area contributed by atoms with E-state index < -0.39 is 41.3 Å². The van der Waals surface area contributed by atoms with Crippen molar-refractivity contribution in [2.75, 3.05) is 7.11 Å². The Kier molecular flexibility index (Phi) is 5.22. The monoisotopic (exact) mass is 607 g/mol. The molecule has 5 aromatic rings. The summed E-state index contributed by atoms with van der Waals surface area (Å²) in [5.74, 6) is -2.45. The van der Waals surface area contributed by atoms with Crippen molar-refractivity contribution in [3.05, 3.63) is 58.7 Å². The summed E-state index contributed by atoms with van der Waals surface area (Å²) >= 11 is 0. The number of esters is 2. The van der Waals surface area contributed by atoms with Crippen LogP contribution in [-0.2, 0) is 40.9 Å². The van der Waals surface area contributed by atoms with Crippen LogP contribution in [0, 0.1) is 0 Å². The Morgan fingerprint density at radius 1 is 0.956 bits per heavy atom. The first-order valence-corrected chi connectivity index (χ1v) is 14.3. The normalized spacial score (nSPS) is 23.2. The van der Waals surface area contributed by atoms with E-state index in [1.165, 1.54) is 25.9 Å². The molecule has 8 rings (SSSR count). The molecular weight excluding hydrogens is 582 g/mol. The second-order valence-electron chi connectivity index (χ2n) is 11.9. The smallest absolute Gasteiger partial charge is 0.355 e. The second-order valence-corrected chi connectivity index (χ2v) is 11.9. The highest BCUT2D eigenvalue weighted by atomic mass is 16.6. The molecule has 0 aliphatic carbocycles.